The molecule has 1 rings (SSSR count). The Morgan fingerprint density at radius 1 is 1.60 bits per heavy atom. The predicted octanol–water partition coefficient (Wildman–Crippen LogP) is 0.248. The fraction of sp³-hybridized carbons (Fsp3) is 0.600. The topological polar surface area (TPSA) is 46.2 Å². The lowest BCUT2D eigenvalue weighted by molar-refractivity contribution is -0.125. The molecule has 10 heavy (non-hydrogen) atoms. The van der Waals surface area contributed by atoms with Crippen LogP contribution in [-0.4, -0.2) is 22.1 Å². The summed E-state index contributed by atoms with van der Waals surface area (Å²) in [6.07, 6.45) is 0. The van der Waals surface area contributed by atoms with E-state index in [2.05, 4.69) is 0 Å². The van der Waals surface area contributed by atoms with Crippen LogP contribution in [0.15, 0.2) is 0 Å². The number of halogens is 2. The Balaban J connectivity index is 2.96. The molecule has 1 heterocycles. The lowest BCUT2D eigenvalue weighted by Gasteiger charge is -2.11. The quantitative estimate of drug-likeness (QED) is 0.431. The van der Waals surface area contributed by atoms with E-state index in [1.807, 2.05) is 5.32 Å². The van der Waals surface area contributed by atoms with Gasteiger partial charge in [-0.15, -0.1) is 23.2 Å². The number of rotatable bonds is 0. The second kappa shape index (κ2) is 2.10. The lowest BCUT2D eigenvalue weighted by atomic mass is 10.1. The monoisotopic (exact) mass is 181 g/mol. The van der Waals surface area contributed by atoms with Gasteiger partial charge in [0, 0.05) is 0 Å². The van der Waals surface area contributed by atoms with Crippen molar-refractivity contribution in [2.45, 2.75) is 17.2 Å². The fourth-order valence-electron chi connectivity index (χ4n) is 0.659. The van der Waals surface area contributed by atoms with E-state index in [0.29, 0.717) is 0 Å². The summed E-state index contributed by atoms with van der Waals surface area (Å²) in [5, 5.41) is 1.06. The van der Waals surface area contributed by atoms with Crippen LogP contribution in [0.2, 0.25) is 0 Å². The van der Waals surface area contributed by atoms with Gasteiger partial charge in [-0.25, -0.2) is 0 Å². The van der Waals surface area contributed by atoms with Gasteiger partial charge in [0.15, 0.2) is 0 Å². The number of nitrogens with one attached hydrogen (secondary N) is 1. The van der Waals surface area contributed by atoms with Gasteiger partial charge >= 0.3 is 0 Å². The van der Waals surface area contributed by atoms with Crippen molar-refractivity contribution in [1.29, 1.82) is 0 Å². The number of amides is 2. The third-order valence-electron chi connectivity index (χ3n) is 1.39. The Hall–Kier alpha value is -0.280. The largest absolute Gasteiger partial charge is 0.293 e. The first kappa shape index (κ1) is 7.82. The van der Waals surface area contributed by atoms with Crippen molar-refractivity contribution in [3.8, 4) is 0 Å². The highest BCUT2D eigenvalue weighted by atomic mass is 35.5. The number of carbonyl (C=O) groups excluding carboxylic acids is 2. The SMILES string of the molecule is C[C@]1(Cl)C(=O)NC(=O)[C@H]1Cl. The lowest BCUT2D eigenvalue weighted by Crippen LogP contribution is -2.33. The molecule has 0 unspecified atom stereocenters. The molecule has 0 aromatic heterocycles. The van der Waals surface area contributed by atoms with Crippen LogP contribution in [0.3, 0.4) is 0 Å². The molecule has 0 radical (unpaired) electrons. The van der Waals surface area contributed by atoms with Gasteiger partial charge < -0.3 is 0 Å². The van der Waals surface area contributed by atoms with Gasteiger partial charge in [-0.3, -0.25) is 14.9 Å². The molecule has 0 aromatic carbocycles. The van der Waals surface area contributed by atoms with Crippen molar-refractivity contribution in [1.82, 2.24) is 5.32 Å². The zero-order valence-corrected chi connectivity index (χ0v) is 6.66. The van der Waals surface area contributed by atoms with E-state index in [1.165, 1.54) is 6.92 Å². The van der Waals surface area contributed by atoms with Crippen molar-refractivity contribution in [3.63, 3.8) is 0 Å². The maximum absolute atomic E-state index is 10.8. The Kier molecular flexibility index (Phi) is 1.65. The number of hydrogen-bond acceptors (Lipinski definition) is 2. The molecule has 0 bridgehead atoms. The predicted molar refractivity (Wildman–Crippen MR) is 37.0 cm³/mol. The Bertz CT molecular complexity index is 202. The Morgan fingerprint density at radius 3 is 2.20 bits per heavy atom. The van der Waals surface area contributed by atoms with E-state index in [0.717, 1.165) is 0 Å². The van der Waals surface area contributed by atoms with Crippen LogP contribution in [0.1, 0.15) is 6.92 Å². The summed E-state index contributed by atoms with van der Waals surface area (Å²) in [6.45, 7) is 1.41. The van der Waals surface area contributed by atoms with Gasteiger partial charge in [0.05, 0.1) is 0 Å². The maximum atomic E-state index is 10.8. The molecule has 5 heteroatoms. The molecule has 1 aliphatic heterocycles. The van der Waals surface area contributed by atoms with E-state index in [4.69, 9.17) is 23.2 Å². The standard InChI is InChI=1S/C5H5Cl2NO2/c1-5(7)2(6)3(9)8-4(5)10/h2H,1H3,(H,8,9,10)/t2-,5-/m1/s1. The summed E-state index contributed by atoms with van der Waals surface area (Å²) < 4.78 is 0. The third kappa shape index (κ3) is 0.896. The van der Waals surface area contributed by atoms with Crippen molar-refractivity contribution < 1.29 is 9.59 Å². The molecule has 2 atom stereocenters. The highest BCUT2D eigenvalue weighted by Gasteiger charge is 2.49. The third-order valence-corrected chi connectivity index (χ3v) is 2.52. The van der Waals surface area contributed by atoms with Gasteiger partial charge in [0.2, 0.25) is 11.8 Å². The zero-order chi connectivity index (χ0) is 7.94. The minimum Gasteiger partial charge on any atom is -0.293 e. The highest BCUT2D eigenvalue weighted by Crippen LogP contribution is 2.28. The van der Waals surface area contributed by atoms with Crippen LogP contribution in [0, 0.1) is 0 Å². The first-order valence-electron chi connectivity index (χ1n) is 2.64. The maximum Gasteiger partial charge on any atom is 0.249 e. The first-order valence-corrected chi connectivity index (χ1v) is 3.46. The Morgan fingerprint density at radius 2 is 2.10 bits per heavy atom. The summed E-state index contributed by atoms with van der Waals surface area (Å²) >= 11 is 11.1. The van der Waals surface area contributed by atoms with Gasteiger partial charge in [-0.05, 0) is 6.92 Å². The van der Waals surface area contributed by atoms with E-state index in [1.54, 1.807) is 0 Å². The van der Waals surface area contributed by atoms with E-state index in [-0.39, 0.29) is 0 Å². The van der Waals surface area contributed by atoms with Crippen LogP contribution in [0.4, 0.5) is 0 Å². The molecule has 2 amide bonds. The molecule has 0 aromatic rings. The van der Waals surface area contributed by atoms with Crippen molar-refractivity contribution in [3.05, 3.63) is 0 Å². The summed E-state index contributed by atoms with van der Waals surface area (Å²) in [5.74, 6) is -1.05. The zero-order valence-electron chi connectivity index (χ0n) is 5.15. The van der Waals surface area contributed by atoms with Crippen molar-refractivity contribution in [2.24, 2.45) is 0 Å². The van der Waals surface area contributed by atoms with Gasteiger partial charge in [-0.1, -0.05) is 0 Å². The normalized spacial score (nSPS) is 40.1. The molecule has 1 fully saturated rings. The fourth-order valence-corrected chi connectivity index (χ4v) is 0.959. The Labute approximate surface area is 67.7 Å². The molecule has 1 N–H and O–H groups in total. The van der Waals surface area contributed by atoms with Crippen LogP contribution >= 0.6 is 23.2 Å². The van der Waals surface area contributed by atoms with Crippen LogP contribution < -0.4 is 5.32 Å². The number of alkyl halides is 2. The summed E-state index contributed by atoms with van der Waals surface area (Å²) in [5.41, 5.74) is 0. The van der Waals surface area contributed by atoms with Gasteiger partial charge in [0.1, 0.15) is 10.3 Å². The molecule has 3 nitrogen and oxygen atoms in total. The first-order chi connectivity index (χ1) is 4.46. The molecule has 0 saturated carbocycles. The second-order valence-corrected chi connectivity index (χ2v) is 3.48. The smallest absolute Gasteiger partial charge is 0.249 e. The molecule has 0 spiro atoms. The number of hydrogen-bond donors (Lipinski definition) is 1. The molecule has 0 aliphatic carbocycles. The van der Waals surface area contributed by atoms with Crippen molar-refractivity contribution in [2.75, 3.05) is 0 Å². The average Bonchev–Trinajstić information content (AvgIpc) is 1.97. The minimum atomic E-state index is -1.28. The van der Waals surface area contributed by atoms with Crippen molar-refractivity contribution >= 4 is 35.0 Å². The van der Waals surface area contributed by atoms with E-state index < -0.39 is 22.1 Å². The van der Waals surface area contributed by atoms with Gasteiger partial charge in [0.25, 0.3) is 0 Å². The second-order valence-electron chi connectivity index (χ2n) is 2.26. The molecular formula is C5H5Cl2NO2. The summed E-state index contributed by atoms with van der Waals surface area (Å²) in [7, 11) is 0. The summed E-state index contributed by atoms with van der Waals surface area (Å²) in [4.78, 5) is 20.1. The highest BCUT2D eigenvalue weighted by molar-refractivity contribution is 6.50. The number of carbonyl (C=O) groups is 2. The summed E-state index contributed by atoms with van der Waals surface area (Å²) in [6, 6.07) is 0. The van der Waals surface area contributed by atoms with Gasteiger partial charge in [-0.2, -0.15) is 0 Å². The average molecular weight is 182 g/mol. The van der Waals surface area contributed by atoms with Crippen LogP contribution in [0.5, 0.6) is 0 Å². The van der Waals surface area contributed by atoms with E-state index in [9.17, 15) is 9.59 Å². The molecule has 1 saturated heterocycles. The van der Waals surface area contributed by atoms with E-state index >= 15 is 0 Å². The minimum absolute atomic E-state index is 0.524. The van der Waals surface area contributed by atoms with Crippen LogP contribution in [-0.2, 0) is 9.59 Å². The molecule has 56 valence electrons. The number of imide groups is 1. The van der Waals surface area contributed by atoms with Crippen LogP contribution in [0.25, 0.3) is 0 Å². The molecule has 1 aliphatic rings. The molecular weight excluding hydrogens is 177 g/mol.